The molecule has 0 aliphatic carbocycles. The van der Waals surface area contributed by atoms with E-state index in [9.17, 15) is 22.8 Å². The van der Waals surface area contributed by atoms with Crippen molar-refractivity contribution in [2.24, 2.45) is 0 Å². The molecule has 1 aromatic rings. The first-order chi connectivity index (χ1) is 11.8. The van der Waals surface area contributed by atoms with Crippen LogP contribution in [0.1, 0.15) is 30.1 Å². The molecule has 0 radical (unpaired) electrons. The van der Waals surface area contributed by atoms with Crippen molar-refractivity contribution in [3.05, 3.63) is 23.8 Å². The highest BCUT2D eigenvalue weighted by Crippen LogP contribution is 2.38. The van der Waals surface area contributed by atoms with Gasteiger partial charge in [-0.1, -0.05) is 6.07 Å². The summed E-state index contributed by atoms with van der Waals surface area (Å²) in [5, 5.41) is 2.59. The number of nitrogens with zero attached hydrogens (tertiary/aromatic N) is 1. The molecule has 9 heteroatoms. The van der Waals surface area contributed by atoms with Gasteiger partial charge in [-0.15, -0.1) is 0 Å². The molecule has 1 aromatic carbocycles. The standard InChI is InChI=1S/C16H17F3N2O4/c1-9(22)20-10-5-6-13(16(17,18)19)21(7-10)15(23)11-3-2-4-12-14(11)25-8-24-12/h2-4,10,13H,5-8H2,1H3,(H,20,22)/t10-,13-/m0/s1. The number of likely N-dealkylation sites (tertiary alicyclic amines) is 1. The SMILES string of the molecule is CC(=O)N[C@H]1CC[C@@H](C(F)(F)F)N(C(=O)c2cccc3c2OCO3)C1. The molecule has 2 aliphatic heterocycles. The van der Waals surface area contributed by atoms with Crippen LogP contribution in [-0.2, 0) is 4.79 Å². The number of fused-ring (bicyclic) bond motifs is 1. The Balaban J connectivity index is 1.90. The second-order valence-corrected chi connectivity index (χ2v) is 6.03. The van der Waals surface area contributed by atoms with E-state index in [4.69, 9.17) is 9.47 Å². The summed E-state index contributed by atoms with van der Waals surface area (Å²) in [6.07, 6.45) is -4.67. The van der Waals surface area contributed by atoms with Crippen LogP contribution in [0.3, 0.4) is 0 Å². The van der Waals surface area contributed by atoms with Gasteiger partial charge in [0, 0.05) is 19.5 Å². The van der Waals surface area contributed by atoms with Gasteiger partial charge in [0.05, 0.1) is 5.56 Å². The van der Waals surface area contributed by atoms with Gasteiger partial charge in [-0.2, -0.15) is 13.2 Å². The van der Waals surface area contributed by atoms with E-state index >= 15 is 0 Å². The first-order valence-corrected chi connectivity index (χ1v) is 7.80. The summed E-state index contributed by atoms with van der Waals surface area (Å²) < 4.78 is 50.6. The van der Waals surface area contributed by atoms with Crippen LogP contribution >= 0.6 is 0 Å². The van der Waals surface area contributed by atoms with Crippen molar-refractivity contribution in [1.29, 1.82) is 0 Å². The molecule has 0 saturated carbocycles. The van der Waals surface area contributed by atoms with Crippen molar-refractivity contribution in [3.63, 3.8) is 0 Å². The number of piperidine rings is 1. The van der Waals surface area contributed by atoms with Crippen LogP contribution in [0.5, 0.6) is 11.5 Å². The molecule has 1 fully saturated rings. The second-order valence-electron chi connectivity index (χ2n) is 6.03. The quantitative estimate of drug-likeness (QED) is 0.879. The minimum Gasteiger partial charge on any atom is -0.454 e. The Bertz CT molecular complexity index is 692. The van der Waals surface area contributed by atoms with Crippen LogP contribution in [0.15, 0.2) is 18.2 Å². The lowest BCUT2D eigenvalue weighted by Crippen LogP contribution is -2.58. The first kappa shape index (κ1) is 17.4. The fourth-order valence-electron chi connectivity index (χ4n) is 3.19. The molecule has 0 spiro atoms. The Labute approximate surface area is 141 Å². The molecule has 1 N–H and O–H groups in total. The minimum absolute atomic E-state index is 0.0210. The average molecular weight is 358 g/mol. The van der Waals surface area contributed by atoms with Gasteiger partial charge in [0.1, 0.15) is 6.04 Å². The van der Waals surface area contributed by atoms with Crippen molar-refractivity contribution in [1.82, 2.24) is 10.2 Å². The van der Waals surface area contributed by atoms with E-state index in [1.165, 1.54) is 19.1 Å². The highest BCUT2D eigenvalue weighted by molar-refractivity contribution is 5.98. The number of benzene rings is 1. The number of rotatable bonds is 2. The van der Waals surface area contributed by atoms with Crippen LogP contribution in [0.4, 0.5) is 13.2 Å². The number of para-hydroxylation sites is 1. The van der Waals surface area contributed by atoms with E-state index in [0.717, 1.165) is 4.90 Å². The Morgan fingerprint density at radius 3 is 2.68 bits per heavy atom. The predicted octanol–water partition coefficient (Wildman–Crippen LogP) is 2.09. The van der Waals surface area contributed by atoms with Crippen molar-refractivity contribution in [2.45, 2.75) is 38.0 Å². The fraction of sp³-hybridized carbons (Fsp3) is 0.500. The Kier molecular flexibility index (Phi) is 4.49. The molecule has 1 saturated heterocycles. The van der Waals surface area contributed by atoms with Gasteiger partial charge in [0.25, 0.3) is 5.91 Å². The summed E-state index contributed by atoms with van der Waals surface area (Å²) in [6, 6.07) is 2.10. The van der Waals surface area contributed by atoms with Crippen LogP contribution in [0.2, 0.25) is 0 Å². The van der Waals surface area contributed by atoms with E-state index in [1.807, 2.05) is 0 Å². The van der Waals surface area contributed by atoms with E-state index in [0.29, 0.717) is 5.75 Å². The number of halogens is 3. The van der Waals surface area contributed by atoms with E-state index in [2.05, 4.69) is 5.32 Å². The number of ether oxygens (including phenoxy) is 2. The van der Waals surface area contributed by atoms with Crippen molar-refractivity contribution in [2.75, 3.05) is 13.3 Å². The number of hydrogen-bond acceptors (Lipinski definition) is 4. The van der Waals surface area contributed by atoms with Crippen molar-refractivity contribution in [3.8, 4) is 11.5 Å². The topological polar surface area (TPSA) is 67.9 Å². The first-order valence-electron chi connectivity index (χ1n) is 7.80. The minimum atomic E-state index is -4.55. The maximum atomic E-state index is 13.4. The Hall–Kier alpha value is -2.45. The lowest BCUT2D eigenvalue weighted by Gasteiger charge is -2.40. The summed E-state index contributed by atoms with van der Waals surface area (Å²) in [6.45, 7) is 0.987. The Morgan fingerprint density at radius 1 is 1.24 bits per heavy atom. The number of alkyl halides is 3. The average Bonchev–Trinajstić information content (AvgIpc) is 3.01. The normalized spacial score (nSPS) is 22.6. The zero-order valence-electron chi connectivity index (χ0n) is 13.4. The molecular weight excluding hydrogens is 341 g/mol. The third-order valence-electron chi connectivity index (χ3n) is 4.25. The van der Waals surface area contributed by atoms with E-state index in [1.54, 1.807) is 6.07 Å². The van der Waals surface area contributed by atoms with E-state index in [-0.39, 0.29) is 43.4 Å². The van der Waals surface area contributed by atoms with Crippen LogP contribution in [0, 0.1) is 0 Å². The molecule has 2 amide bonds. The zero-order chi connectivity index (χ0) is 18.2. The number of carbonyl (C=O) groups excluding carboxylic acids is 2. The summed E-state index contributed by atoms with van der Waals surface area (Å²) >= 11 is 0. The number of nitrogens with one attached hydrogen (secondary N) is 1. The van der Waals surface area contributed by atoms with Gasteiger partial charge in [0.2, 0.25) is 12.7 Å². The third-order valence-corrected chi connectivity index (χ3v) is 4.25. The smallest absolute Gasteiger partial charge is 0.408 e. The predicted molar refractivity (Wildman–Crippen MR) is 80.3 cm³/mol. The third kappa shape index (κ3) is 3.49. The molecule has 3 rings (SSSR count). The number of carbonyl (C=O) groups is 2. The second kappa shape index (κ2) is 6.45. The summed E-state index contributed by atoms with van der Waals surface area (Å²) in [7, 11) is 0. The Morgan fingerprint density at radius 2 is 2.00 bits per heavy atom. The number of hydrogen-bond donors (Lipinski definition) is 1. The van der Waals surface area contributed by atoms with Crippen LogP contribution < -0.4 is 14.8 Å². The lowest BCUT2D eigenvalue weighted by atomic mass is 9.96. The number of amides is 2. The summed E-state index contributed by atoms with van der Waals surface area (Å²) in [5.41, 5.74) is 0.0210. The van der Waals surface area contributed by atoms with Gasteiger partial charge < -0.3 is 19.7 Å². The molecule has 2 aliphatic rings. The molecule has 6 nitrogen and oxygen atoms in total. The molecule has 0 unspecified atom stereocenters. The lowest BCUT2D eigenvalue weighted by molar-refractivity contribution is -0.184. The highest BCUT2D eigenvalue weighted by atomic mass is 19.4. The van der Waals surface area contributed by atoms with Crippen molar-refractivity contribution < 1.29 is 32.2 Å². The van der Waals surface area contributed by atoms with E-state index < -0.39 is 24.2 Å². The fourth-order valence-corrected chi connectivity index (χ4v) is 3.19. The van der Waals surface area contributed by atoms with Crippen LogP contribution in [-0.4, -0.2) is 48.3 Å². The monoisotopic (exact) mass is 358 g/mol. The van der Waals surface area contributed by atoms with Gasteiger partial charge in [-0.3, -0.25) is 9.59 Å². The molecular formula is C16H17F3N2O4. The molecule has 2 atom stereocenters. The van der Waals surface area contributed by atoms with Gasteiger partial charge >= 0.3 is 6.18 Å². The zero-order valence-corrected chi connectivity index (χ0v) is 13.4. The molecule has 2 heterocycles. The molecule has 0 aromatic heterocycles. The summed E-state index contributed by atoms with van der Waals surface area (Å²) in [5.74, 6) is -0.667. The molecule has 25 heavy (non-hydrogen) atoms. The highest BCUT2D eigenvalue weighted by Gasteiger charge is 2.48. The van der Waals surface area contributed by atoms with Gasteiger partial charge in [-0.05, 0) is 25.0 Å². The van der Waals surface area contributed by atoms with Crippen molar-refractivity contribution >= 4 is 11.8 Å². The molecule has 0 bridgehead atoms. The van der Waals surface area contributed by atoms with Gasteiger partial charge in [0.15, 0.2) is 11.5 Å². The summed E-state index contributed by atoms with van der Waals surface area (Å²) in [4.78, 5) is 24.8. The maximum absolute atomic E-state index is 13.4. The van der Waals surface area contributed by atoms with Gasteiger partial charge in [-0.25, -0.2) is 0 Å². The molecule has 136 valence electrons. The largest absolute Gasteiger partial charge is 0.454 e. The van der Waals surface area contributed by atoms with Crippen LogP contribution in [0.25, 0.3) is 0 Å². The maximum Gasteiger partial charge on any atom is 0.408 e.